The minimum atomic E-state index is 0.553. The van der Waals surface area contributed by atoms with Crippen molar-refractivity contribution in [3.63, 3.8) is 0 Å². The number of benzene rings is 1. The van der Waals surface area contributed by atoms with E-state index in [1.165, 1.54) is 32.1 Å². The van der Waals surface area contributed by atoms with Gasteiger partial charge in [-0.3, -0.25) is 0 Å². The molecule has 1 atom stereocenters. The van der Waals surface area contributed by atoms with E-state index in [1.54, 1.807) is 0 Å². The van der Waals surface area contributed by atoms with Gasteiger partial charge in [-0.05, 0) is 50.3 Å². The first-order valence-corrected chi connectivity index (χ1v) is 6.79. The van der Waals surface area contributed by atoms with E-state index in [0.717, 1.165) is 22.9 Å². The van der Waals surface area contributed by atoms with Crippen molar-refractivity contribution in [3.8, 4) is 0 Å². The van der Waals surface area contributed by atoms with Gasteiger partial charge in [0.15, 0.2) is 0 Å². The van der Waals surface area contributed by atoms with Crippen molar-refractivity contribution < 1.29 is 0 Å². The van der Waals surface area contributed by atoms with E-state index >= 15 is 0 Å². The van der Waals surface area contributed by atoms with Gasteiger partial charge in [0.25, 0.3) is 0 Å². The van der Waals surface area contributed by atoms with Gasteiger partial charge in [0.05, 0.1) is 0 Å². The van der Waals surface area contributed by atoms with Crippen LogP contribution in [-0.2, 0) is 0 Å². The molecule has 0 radical (unpaired) electrons. The molecule has 2 heteroatoms. The van der Waals surface area contributed by atoms with Gasteiger partial charge in [-0.1, -0.05) is 25.3 Å². The van der Waals surface area contributed by atoms with Crippen LogP contribution in [0.1, 0.15) is 44.6 Å². The molecule has 1 fully saturated rings. The van der Waals surface area contributed by atoms with Crippen LogP contribution in [0, 0.1) is 12.8 Å². The number of rotatable bonds is 3. The minimum absolute atomic E-state index is 0.553. The van der Waals surface area contributed by atoms with Gasteiger partial charge < -0.3 is 11.1 Å². The van der Waals surface area contributed by atoms with Gasteiger partial charge in [0, 0.05) is 17.4 Å². The highest BCUT2D eigenvalue weighted by Crippen LogP contribution is 2.28. The molecule has 1 aliphatic rings. The van der Waals surface area contributed by atoms with Crippen molar-refractivity contribution in [1.82, 2.24) is 0 Å². The van der Waals surface area contributed by atoms with Crippen LogP contribution in [0.2, 0.25) is 0 Å². The Labute approximate surface area is 105 Å². The van der Waals surface area contributed by atoms with E-state index in [4.69, 9.17) is 5.73 Å². The first-order chi connectivity index (χ1) is 8.16. The number of nitrogen functional groups attached to an aromatic ring is 1. The molecule has 1 aromatic rings. The van der Waals surface area contributed by atoms with Crippen molar-refractivity contribution >= 4 is 11.4 Å². The molecule has 0 heterocycles. The molecule has 1 unspecified atom stereocenters. The fourth-order valence-corrected chi connectivity index (χ4v) is 2.75. The first-order valence-electron chi connectivity index (χ1n) is 6.79. The molecule has 0 aromatic heterocycles. The molecule has 1 aromatic carbocycles. The highest BCUT2D eigenvalue weighted by Gasteiger charge is 2.19. The Morgan fingerprint density at radius 2 is 1.94 bits per heavy atom. The highest BCUT2D eigenvalue weighted by molar-refractivity contribution is 5.58. The molecule has 0 saturated heterocycles. The monoisotopic (exact) mass is 232 g/mol. The normalized spacial score (nSPS) is 18.9. The molecule has 3 N–H and O–H groups in total. The molecule has 0 spiro atoms. The minimum Gasteiger partial charge on any atom is -0.398 e. The Balaban J connectivity index is 1.96. The Kier molecular flexibility index (Phi) is 3.93. The van der Waals surface area contributed by atoms with E-state index in [0.29, 0.717) is 6.04 Å². The third-order valence-electron chi connectivity index (χ3n) is 4.03. The predicted molar refractivity (Wildman–Crippen MR) is 75.3 cm³/mol. The summed E-state index contributed by atoms with van der Waals surface area (Å²) in [5.41, 5.74) is 9.13. The number of anilines is 2. The lowest BCUT2D eigenvalue weighted by molar-refractivity contribution is 0.328. The van der Waals surface area contributed by atoms with Crippen LogP contribution in [-0.4, -0.2) is 6.04 Å². The van der Waals surface area contributed by atoms with E-state index < -0.39 is 0 Å². The van der Waals surface area contributed by atoms with Crippen molar-refractivity contribution in [2.24, 2.45) is 5.92 Å². The summed E-state index contributed by atoms with van der Waals surface area (Å²) in [6.07, 6.45) is 6.95. The van der Waals surface area contributed by atoms with Crippen LogP contribution < -0.4 is 11.1 Å². The van der Waals surface area contributed by atoms with E-state index in [1.807, 2.05) is 6.92 Å². The van der Waals surface area contributed by atoms with Crippen LogP contribution in [0.25, 0.3) is 0 Å². The van der Waals surface area contributed by atoms with Gasteiger partial charge in [-0.25, -0.2) is 0 Å². The predicted octanol–water partition coefficient (Wildman–Crippen LogP) is 3.96. The zero-order valence-corrected chi connectivity index (χ0v) is 11.0. The summed E-state index contributed by atoms with van der Waals surface area (Å²) in [5.74, 6) is 0.825. The van der Waals surface area contributed by atoms with Gasteiger partial charge in [0.2, 0.25) is 0 Å². The summed E-state index contributed by atoms with van der Waals surface area (Å²) in [7, 11) is 0. The molecule has 1 aliphatic carbocycles. The molecule has 2 rings (SSSR count). The number of hydrogen-bond acceptors (Lipinski definition) is 2. The number of hydrogen-bond donors (Lipinski definition) is 2. The SMILES string of the molecule is Cc1ccc(NC(C)C2CCCCC2)cc1N. The third-order valence-corrected chi connectivity index (χ3v) is 4.03. The Morgan fingerprint density at radius 3 is 2.59 bits per heavy atom. The van der Waals surface area contributed by atoms with Crippen molar-refractivity contribution in [1.29, 1.82) is 0 Å². The van der Waals surface area contributed by atoms with E-state index in [9.17, 15) is 0 Å². The molecular formula is C15H24N2. The van der Waals surface area contributed by atoms with Crippen LogP contribution in [0.5, 0.6) is 0 Å². The maximum absolute atomic E-state index is 5.93. The Hall–Kier alpha value is -1.18. The largest absolute Gasteiger partial charge is 0.398 e. The summed E-state index contributed by atoms with van der Waals surface area (Å²) < 4.78 is 0. The van der Waals surface area contributed by atoms with E-state index in [-0.39, 0.29) is 0 Å². The maximum Gasteiger partial charge on any atom is 0.0364 e. The highest BCUT2D eigenvalue weighted by atomic mass is 14.9. The summed E-state index contributed by atoms with van der Waals surface area (Å²) >= 11 is 0. The summed E-state index contributed by atoms with van der Waals surface area (Å²) in [6.45, 7) is 4.34. The van der Waals surface area contributed by atoms with Gasteiger partial charge in [-0.2, -0.15) is 0 Å². The molecule has 1 saturated carbocycles. The zero-order chi connectivity index (χ0) is 12.3. The number of nitrogens with one attached hydrogen (secondary N) is 1. The molecule has 0 amide bonds. The van der Waals surface area contributed by atoms with Crippen LogP contribution in [0.3, 0.4) is 0 Å². The standard InChI is InChI=1S/C15H24N2/c1-11-8-9-14(10-15(11)16)17-12(2)13-6-4-3-5-7-13/h8-10,12-13,17H,3-7,16H2,1-2H3. The average molecular weight is 232 g/mol. The summed E-state index contributed by atoms with van der Waals surface area (Å²) in [5, 5.41) is 3.60. The Bertz CT molecular complexity index is 367. The quantitative estimate of drug-likeness (QED) is 0.774. The summed E-state index contributed by atoms with van der Waals surface area (Å²) in [4.78, 5) is 0. The van der Waals surface area contributed by atoms with E-state index in [2.05, 4.69) is 30.4 Å². The topological polar surface area (TPSA) is 38.0 Å². The van der Waals surface area contributed by atoms with Crippen molar-refractivity contribution in [3.05, 3.63) is 23.8 Å². The second-order valence-corrected chi connectivity index (χ2v) is 5.40. The Morgan fingerprint density at radius 1 is 1.24 bits per heavy atom. The average Bonchev–Trinajstić information content (AvgIpc) is 2.35. The fraction of sp³-hybridized carbons (Fsp3) is 0.600. The van der Waals surface area contributed by atoms with Crippen LogP contribution in [0.15, 0.2) is 18.2 Å². The van der Waals surface area contributed by atoms with Gasteiger partial charge in [-0.15, -0.1) is 0 Å². The zero-order valence-electron chi connectivity index (χ0n) is 11.0. The third kappa shape index (κ3) is 3.15. The van der Waals surface area contributed by atoms with Crippen LogP contribution in [0.4, 0.5) is 11.4 Å². The van der Waals surface area contributed by atoms with Gasteiger partial charge >= 0.3 is 0 Å². The molecule has 2 nitrogen and oxygen atoms in total. The van der Waals surface area contributed by atoms with Crippen molar-refractivity contribution in [2.75, 3.05) is 11.1 Å². The second kappa shape index (κ2) is 5.44. The smallest absolute Gasteiger partial charge is 0.0364 e. The van der Waals surface area contributed by atoms with Crippen LogP contribution >= 0.6 is 0 Å². The first kappa shape index (κ1) is 12.3. The lowest BCUT2D eigenvalue weighted by Gasteiger charge is -2.29. The molecule has 17 heavy (non-hydrogen) atoms. The van der Waals surface area contributed by atoms with Crippen molar-refractivity contribution in [2.45, 2.75) is 52.0 Å². The fourth-order valence-electron chi connectivity index (χ4n) is 2.75. The van der Waals surface area contributed by atoms with Gasteiger partial charge in [0.1, 0.15) is 0 Å². The molecule has 94 valence electrons. The summed E-state index contributed by atoms with van der Waals surface area (Å²) in [6, 6.07) is 6.82. The lowest BCUT2D eigenvalue weighted by Crippen LogP contribution is -2.27. The number of aryl methyl sites for hydroxylation is 1. The number of nitrogens with two attached hydrogens (primary N) is 1. The lowest BCUT2D eigenvalue weighted by atomic mass is 9.84. The maximum atomic E-state index is 5.93. The molecule has 0 aliphatic heterocycles. The second-order valence-electron chi connectivity index (χ2n) is 5.40. The molecular weight excluding hydrogens is 208 g/mol. The molecule has 0 bridgehead atoms.